The predicted octanol–water partition coefficient (Wildman–Crippen LogP) is 3.95. The van der Waals surface area contributed by atoms with Crippen molar-refractivity contribution in [1.29, 1.82) is 0 Å². The van der Waals surface area contributed by atoms with Gasteiger partial charge in [-0.2, -0.15) is 0 Å². The topological polar surface area (TPSA) is 41.4 Å². The molecule has 0 radical (unpaired) electrons. The van der Waals surface area contributed by atoms with E-state index in [1.54, 1.807) is 0 Å². The minimum absolute atomic E-state index is 0.107. The number of hydrogen-bond acceptors (Lipinski definition) is 3. The zero-order valence-electron chi connectivity index (χ0n) is 17.8. The van der Waals surface area contributed by atoms with Crippen molar-refractivity contribution in [3.63, 3.8) is 0 Å². The monoisotopic (exact) mass is 390 g/mol. The number of fused-ring (bicyclic) bond motifs is 1. The van der Waals surface area contributed by atoms with Gasteiger partial charge >= 0.3 is 0 Å². The zero-order chi connectivity index (χ0) is 20.5. The summed E-state index contributed by atoms with van der Waals surface area (Å²) < 4.78 is 2.16. The van der Waals surface area contributed by atoms with Gasteiger partial charge in [-0.05, 0) is 62.6 Å². The minimum Gasteiger partial charge on any atom is -0.337 e. The van der Waals surface area contributed by atoms with E-state index in [-0.39, 0.29) is 5.91 Å². The van der Waals surface area contributed by atoms with Gasteiger partial charge in [-0.15, -0.1) is 0 Å². The number of carbonyl (C=O) groups excluding carboxylic acids is 1. The zero-order valence-corrected chi connectivity index (χ0v) is 17.8. The number of benzene rings is 2. The summed E-state index contributed by atoms with van der Waals surface area (Å²) in [7, 11) is 1.94. The van der Waals surface area contributed by atoms with Gasteiger partial charge in [0.15, 0.2) is 0 Å². The number of carbonyl (C=O) groups is 1. The molecule has 0 aliphatic carbocycles. The molecule has 0 bridgehead atoms. The van der Waals surface area contributed by atoms with Crippen LogP contribution in [0.1, 0.15) is 41.8 Å². The van der Waals surface area contributed by atoms with Gasteiger partial charge in [-0.3, -0.25) is 9.69 Å². The third-order valence-corrected chi connectivity index (χ3v) is 6.12. The number of nitrogens with zero attached hydrogens (tertiary/aromatic N) is 4. The Morgan fingerprint density at radius 3 is 2.66 bits per heavy atom. The summed E-state index contributed by atoms with van der Waals surface area (Å²) >= 11 is 0. The highest BCUT2D eigenvalue weighted by atomic mass is 16.2. The number of imidazole rings is 1. The summed E-state index contributed by atoms with van der Waals surface area (Å²) in [6.07, 6.45) is 2.93. The molecule has 1 aromatic heterocycles. The maximum atomic E-state index is 12.9. The largest absolute Gasteiger partial charge is 0.337 e. The lowest BCUT2D eigenvalue weighted by atomic mass is 10.1. The molecule has 1 amide bonds. The molecule has 5 nitrogen and oxygen atoms in total. The van der Waals surface area contributed by atoms with Crippen LogP contribution in [0.5, 0.6) is 0 Å². The average molecular weight is 391 g/mol. The van der Waals surface area contributed by atoms with E-state index in [1.807, 2.05) is 30.4 Å². The van der Waals surface area contributed by atoms with Crippen LogP contribution in [-0.4, -0.2) is 57.5 Å². The van der Waals surface area contributed by atoms with Crippen molar-refractivity contribution in [3.05, 3.63) is 65.5 Å². The van der Waals surface area contributed by atoms with E-state index in [4.69, 9.17) is 0 Å². The van der Waals surface area contributed by atoms with Gasteiger partial charge in [0.2, 0.25) is 0 Å². The fourth-order valence-electron chi connectivity index (χ4n) is 4.16. The number of hydrogen-bond donors (Lipinski definition) is 0. The molecule has 1 atom stereocenters. The van der Waals surface area contributed by atoms with Gasteiger partial charge in [0.05, 0.1) is 17.4 Å². The van der Waals surface area contributed by atoms with Crippen LogP contribution < -0.4 is 0 Å². The second kappa shape index (κ2) is 7.99. The Hall–Kier alpha value is -2.66. The average Bonchev–Trinajstić information content (AvgIpc) is 3.35. The summed E-state index contributed by atoms with van der Waals surface area (Å²) in [5.74, 6) is 0.107. The quantitative estimate of drug-likeness (QED) is 0.662. The van der Waals surface area contributed by atoms with E-state index in [1.165, 1.54) is 5.56 Å². The lowest BCUT2D eigenvalue weighted by Gasteiger charge is -2.26. The molecular formula is C24H30N4O. The van der Waals surface area contributed by atoms with Crippen molar-refractivity contribution < 1.29 is 4.79 Å². The number of aromatic nitrogens is 2. The van der Waals surface area contributed by atoms with Gasteiger partial charge in [0.1, 0.15) is 0 Å². The molecule has 4 rings (SSSR count). The second-order valence-electron chi connectivity index (χ2n) is 8.51. The molecule has 1 unspecified atom stereocenters. The van der Waals surface area contributed by atoms with Crippen molar-refractivity contribution in [3.8, 4) is 0 Å². The van der Waals surface area contributed by atoms with Gasteiger partial charge < -0.3 is 9.47 Å². The second-order valence-corrected chi connectivity index (χ2v) is 8.51. The Balaban J connectivity index is 1.44. The van der Waals surface area contributed by atoms with Gasteiger partial charge in [-0.25, -0.2) is 4.98 Å². The normalized spacial score (nSPS) is 17.3. The highest BCUT2D eigenvalue weighted by molar-refractivity contribution is 5.94. The van der Waals surface area contributed by atoms with Crippen LogP contribution in [0.25, 0.3) is 11.0 Å². The Morgan fingerprint density at radius 2 is 1.97 bits per heavy atom. The fourth-order valence-corrected chi connectivity index (χ4v) is 4.16. The number of rotatable bonds is 5. The first-order valence-electron chi connectivity index (χ1n) is 10.4. The molecule has 152 valence electrons. The first-order valence-corrected chi connectivity index (χ1v) is 10.4. The molecule has 0 saturated carbocycles. The van der Waals surface area contributed by atoms with Crippen LogP contribution in [0.15, 0.2) is 48.8 Å². The molecule has 1 saturated heterocycles. The van der Waals surface area contributed by atoms with Crippen LogP contribution in [0.4, 0.5) is 0 Å². The molecule has 1 fully saturated rings. The smallest absolute Gasteiger partial charge is 0.253 e. The third kappa shape index (κ3) is 4.06. The van der Waals surface area contributed by atoms with Crippen LogP contribution in [0.3, 0.4) is 0 Å². The van der Waals surface area contributed by atoms with Crippen molar-refractivity contribution in [2.45, 2.75) is 45.8 Å². The highest BCUT2D eigenvalue weighted by Crippen LogP contribution is 2.20. The van der Waals surface area contributed by atoms with Crippen LogP contribution in [-0.2, 0) is 6.54 Å². The summed E-state index contributed by atoms with van der Waals surface area (Å²) in [5, 5.41) is 0. The minimum atomic E-state index is 0.107. The number of likely N-dealkylation sites (tertiary alicyclic amines) is 1. The summed E-state index contributed by atoms with van der Waals surface area (Å²) in [6.45, 7) is 9.30. The molecule has 0 spiro atoms. The fraction of sp³-hybridized carbons (Fsp3) is 0.417. The van der Waals surface area contributed by atoms with E-state index in [2.05, 4.69) is 65.6 Å². The van der Waals surface area contributed by atoms with E-state index < -0.39 is 0 Å². The molecule has 5 heteroatoms. The van der Waals surface area contributed by atoms with Crippen LogP contribution in [0.2, 0.25) is 0 Å². The number of likely N-dealkylation sites (N-methyl/N-ethyl adjacent to an activating group) is 1. The summed E-state index contributed by atoms with van der Waals surface area (Å²) in [6, 6.07) is 15.1. The van der Waals surface area contributed by atoms with Crippen molar-refractivity contribution in [1.82, 2.24) is 19.4 Å². The van der Waals surface area contributed by atoms with Gasteiger partial charge in [0, 0.05) is 44.3 Å². The van der Waals surface area contributed by atoms with Crippen molar-refractivity contribution >= 4 is 16.9 Å². The lowest BCUT2D eigenvalue weighted by molar-refractivity contribution is 0.0732. The molecular weight excluding hydrogens is 360 g/mol. The number of amides is 1. The third-order valence-electron chi connectivity index (χ3n) is 6.12. The molecule has 29 heavy (non-hydrogen) atoms. The predicted molar refractivity (Wildman–Crippen MR) is 117 cm³/mol. The Kier molecular flexibility index (Phi) is 5.41. The molecule has 0 N–H and O–H groups in total. The van der Waals surface area contributed by atoms with Gasteiger partial charge in [0.25, 0.3) is 5.91 Å². The Morgan fingerprint density at radius 1 is 1.21 bits per heavy atom. The standard InChI is InChI=1S/C24H30N4O/c1-17(2)27-12-11-21(15-27)26(4)24(29)20-8-6-19(7-9-20)14-28-16-25-22-10-5-18(3)13-23(22)28/h5-10,13,16-17,21H,11-12,14-15H2,1-4H3. The molecule has 1 aliphatic heterocycles. The first kappa shape index (κ1) is 19.6. The summed E-state index contributed by atoms with van der Waals surface area (Å²) in [5.41, 5.74) is 5.30. The van der Waals surface area contributed by atoms with E-state index in [0.29, 0.717) is 12.1 Å². The molecule has 3 aromatic rings. The van der Waals surface area contributed by atoms with E-state index >= 15 is 0 Å². The molecule has 2 aromatic carbocycles. The maximum absolute atomic E-state index is 12.9. The number of aryl methyl sites for hydroxylation is 1. The van der Waals surface area contributed by atoms with Crippen molar-refractivity contribution in [2.24, 2.45) is 0 Å². The maximum Gasteiger partial charge on any atom is 0.253 e. The Labute approximate surface area is 172 Å². The van der Waals surface area contributed by atoms with Crippen molar-refractivity contribution in [2.75, 3.05) is 20.1 Å². The Bertz CT molecular complexity index is 1010. The lowest BCUT2D eigenvalue weighted by Crippen LogP contribution is -2.40. The van der Waals surface area contributed by atoms with E-state index in [9.17, 15) is 4.79 Å². The highest BCUT2D eigenvalue weighted by Gasteiger charge is 2.29. The van der Waals surface area contributed by atoms with Crippen LogP contribution in [0, 0.1) is 6.92 Å². The first-order chi connectivity index (χ1) is 13.9. The van der Waals surface area contributed by atoms with Gasteiger partial charge in [-0.1, -0.05) is 18.2 Å². The van der Waals surface area contributed by atoms with E-state index in [0.717, 1.165) is 48.2 Å². The molecule has 2 heterocycles. The summed E-state index contributed by atoms with van der Waals surface area (Å²) in [4.78, 5) is 21.8. The SMILES string of the molecule is Cc1ccc2ncn(Cc3ccc(C(=O)N(C)C4CCN(C(C)C)C4)cc3)c2c1. The van der Waals surface area contributed by atoms with Crippen LogP contribution >= 0.6 is 0 Å². The molecule has 1 aliphatic rings.